The van der Waals surface area contributed by atoms with Gasteiger partial charge in [0.1, 0.15) is 0 Å². The van der Waals surface area contributed by atoms with E-state index in [4.69, 9.17) is 0 Å². The van der Waals surface area contributed by atoms with Crippen LogP contribution in [0.1, 0.15) is 29.3 Å². The van der Waals surface area contributed by atoms with E-state index in [9.17, 15) is 18.3 Å². The predicted octanol–water partition coefficient (Wildman–Crippen LogP) is 3.84. The molecule has 0 spiro atoms. The van der Waals surface area contributed by atoms with Crippen LogP contribution in [0.2, 0.25) is 0 Å². The largest absolute Gasteiger partial charge is 0.416 e. The van der Waals surface area contributed by atoms with Crippen LogP contribution < -0.4 is 10.2 Å². The average molecular weight is 417 g/mol. The molecule has 0 bridgehead atoms. The molecule has 1 saturated heterocycles. The number of nitrogens with zero attached hydrogens (tertiary/aromatic N) is 4. The fraction of sp³-hybridized carbons (Fsp3) is 0.381. The minimum absolute atomic E-state index is 0.172. The Morgan fingerprint density at radius 3 is 2.60 bits per heavy atom. The quantitative estimate of drug-likeness (QED) is 0.672. The van der Waals surface area contributed by atoms with E-state index >= 15 is 0 Å². The number of rotatable bonds is 4. The summed E-state index contributed by atoms with van der Waals surface area (Å²) in [6.07, 6.45) is -2.67. The maximum Gasteiger partial charge on any atom is 0.416 e. The summed E-state index contributed by atoms with van der Waals surface area (Å²) < 4.78 is 39.6. The fourth-order valence-corrected chi connectivity index (χ4v) is 3.77. The lowest BCUT2D eigenvalue weighted by atomic mass is 9.96. The molecule has 30 heavy (non-hydrogen) atoms. The molecule has 0 aliphatic carbocycles. The molecule has 0 atom stereocenters. The number of hydrogen-bond acceptors (Lipinski definition) is 6. The van der Waals surface area contributed by atoms with Crippen LogP contribution in [0.15, 0.2) is 30.5 Å². The number of aliphatic hydroxyl groups is 1. The second-order valence-corrected chi connectivity index (χ2v) is 8.02. The van der Waals surface area contributed by atoms with Gasteiger partial charge in [0, 0.05) is 25.0 Å². The van der Waals surface area contributed by atoms with Crippen LogP contribution in [-0.4, -0.2) is 39.0 Å². The van der Waals surface area contributed by atoms with Gasteiger partial charge >= 0.3 is 6.18 Å². The highest BCUT2D eigenvalue weighted by Crippen LogP contribution is 2.34. The molecule has 0 saturated carbocycles. The Morgan fingerprint density at radius 1 is 1.20 bits per heavy atom. The number of halogens is 3. The normalized spacial score (nSPS) is 15.9. The molecule has 3 aromatic rings. The van der Waals surface area contributed by atoms with Gasteiger partial charge in [0.25, 0.3) is 0 Å². The smallest absolute Gasteiger partial charge is 0.386 e. The molecule has 4 rings (SSSR count). The van der Waals surface area contributed by atoms with Gasteiger partial charge in [-0.25, -0.2) is 0 Å². The van der Waals surface area contributed by atoms with Crippen molar-refractivity contribution in [3.63, 3.8) is 0 Å². The summed E-state index contributed by atoms with van der Waals surface area (Å²) in [4.78, 5) is 6.50. The molecular weight excluding hydrogens is 395 g/mol. The summed E-state index contributed by atoms with van der Waals surface area (Å²) in [5.74, 6) is 0.453. The highest BCUT2D eigenvalue weighted by molar-refractivity contribution is 5.92. The first kappa shape index (κ1) is 20.3. The van der Waals surface area contributed by atoms with E-state index in [2.05, 4.69) is 20.5 Å². The second-order valence-electron chi connectivity index (χ2n) is 8.02. The Morgan fingerprint density at radius 2 is 1.93 bits per heavy atom. The van der Waals surface area contributed by atoms with Crippen molar-refractivity contribution < 1.29 is 18.3 Å². The van der Waals surface area contributed by atoms with Gasteiger partial charge in [0.2, 0.25) is 0 Å². The standard InChI is InChI=1S/C21H22F3N5O/c1-12-14(5-4-6-17(12)21(22,23)24)8-26-19-16-7-15(29-10-20(3,30)11-29)9-25-18(16)13(2)27-28-19/h4-7,9,30H,8,10-11H2,1-3H3,(H,26,28). The van der Waals surface area contributed by atoms with Crippen molar-refractivity contribution in [2.75, 3.05) is 23.3 Å². The predicted molar refractivity (Wildman–Crippen MR) is 108 cm³/mol. The summed E-state index contributed by atoms with van der Waals surface area (Å²) in [5, 5.41) is 22.2. The van der Waals surface area contributed by atoms with E-state index in [0.717, 1.165) is 17.1 Å². The van der Waals surface area contributed by atoms with Gasteiger partial charge in [-0.05, 0) is 44.0 Å². The molecule has 6 nitrogen and oxygen atoms in total. The topological polar surface area (TPSA) is 74.2 Å². The maximum atomic E-state index is 13.2. The molecule has 2 aromatic heterocycles. The van der Waals surface area contributed by atoms with Crippen LogP contribution in [0.3, 0.4) is 0 Å². The molecule has 1 aliphatic heterocycles. The molecule has 158 valence electrons. The monoisotopic (exact) mass is 417 g/mol. The van der Waals surface area contributed by atoms with Crippen LogP contribution >= 0.6 is 0 Å². The summed E-state index contributed by atoms with van der Waals surface area (Å²) in [7, 11) is 0. The van der Waals surface area contributed by atoms with Crippen molar-refractivity contribution in [3.05, 3.63) is 52.8 Å². The number of hydrogen-bond donors (Lipinski definition) is 2. The fourth-order valence-electron chi connectivity index (χ4n) is 3.77. The van der Waals surface area contributed by atoms with Crippen LogP contribution in [0.25, 0.3) is 10.9 Å². The number of aromatic nitrogens is 3. The average Bonchev–Trinajstić information content (AvgIpc) is 2.65. The van der Waals surface area contributed by atoms with Crippen molar-refractivity contribution in [1.82, 2.24) is 15.2 Å². The number of pyridine rings is 1. The van der Waals surface area contributed by atoms with E-state index < -0.39 is 17.3 Å². The van der Waals surface area contributed by atoms with Gasteiger partial charge < -0.3 is 15.3 Å². The van der Waals surface area contributed by atoms with Gasteiger partial charge in [-0.15, -0.1) is 5.10 Å². The summed E-state index contributed by atoms with van der Waals surface area (Å²) in [5.41, 5.74) is 1.53. The Hall–Kier alpha value is -2.94. The van der Waals surface area contributed by atoms with Crippen molar-refractivity contribution in [3.8, 4) is 0 Å². The third kappa shape index (κ3) is 3.77. The number of aryl methyl sites for hydroxylation is 1. The lowest BCUT2D eigenvalue weighted by Crippen LogP contribution is -2.60. The van der Waals surface area contributed by atoms with Crippen LogP contribution in [0.4, 0.5) is 24.7 Å². The third-order valence-electron chi connectivity index (χ3n) is 5.40. The maximum absolute atomic E-state index is 13.2. The van der Waals surface area contributed by atoms with E-state index in [-0.39, 0.29) is 12.1 Å². The van der Waals surface area contributed by atoms with Gasteiger partial charge in [-0.3, -0.25) is 4.98 Å². The number of fused-ring (bicyclic) bond motifs is 1. The summed E-state index contributed by atoms with van der Waals surface area (Å²) in [6.45, 7) is 6.22. The minimum Gasteiger partial charge on any atom is -0.386 e. The molecule has 1 aromatic carbocycles. The Bertz CT molecular complexity index is 1110. The lowest BCUT2D eigenvalue weighted by molar-refractivity contribution is -0.138. The minimum atomic E-state index is -4.40. The van der Waals surface area contributed by atoms with Gasteiger partial charge in [-0.2, -0.15) is 18.3 Å². The zero-order chi connectivity index (χ0) is 21.7. The van der Waals surface area contributed by atoms with Gasteiger partial charge in [0.15, 0.2) is 5.82 Å². The van der Waals surface area contributed by atoms with Crippen molar-refractivity contribution in [2.45, 2.75) is 39.1 Å². The molecule has 0 unspecified atom stereocenters. The van der Waals surface area contributed by atoms with Crippen LogP contribution in [0, 0.1) is 13.8 Å². The molecule has 9 heteroatoms. The first-order chi connectivity index (χ1) is 14.0. The van der Waals surface area contributed by atoms with Gasteiger partial charge in [-0.1, -0.05) is 12.1 Å². The van der Waals surface area contributed by atoms with E-state index in [0.29, 0.717) is 35.7 Å². The van der Waals surface area contributed by atoms with Crippen molar-refractivity contribution >= 4 is 22.4 Å². The Labute approximate surface area is 171 Å². The lowest BCUT2D eigenvalue weighted by Gasteiger charge is -2.45. The van der Waals surface area contributed by atoms with Crippen LogP contribution in [0.5, 0.6) is 0 Å². The van der Waals surface area contributed by atoms with Crippen molar-refractivity contribution in [1.29, 1.82) is 0 Å². The number of benzene rings is 1. The van der Waals surface area contributed by atoms with E-state index in [1.165, 1.54) is 13.0 Å². The van der Waals surface area contributed by atoms with Crippen molar-refractivity contribution in [2.24, 2.45) is 0 Å². The van der Waals surface area contributed by atoms with Gasteiger partial charge in [0.05, 0.1) is 34.3 Å². The molecule has 2 N–H and O–H groups in total. The number of β-amino-alcohol motifs (C(OH)–C–C–N with tert-alkyl or cyclic N) is 1. The summed E-state index contributed by atoms with van der Waals surface area (Å²) >= 11 is 0. The molecule has 0 amide bonds. The zero-order valence-corrected chi connectivity index (χ0v) is 16.9. The molecule has 0 radical (unpaired) electrons. The number of alkyl halides is 3. The highest BCUT2D eigenvalue weighted by atomic mass is 19.4. The van der Waals surface area contributed by atoms with Crippen LogP contribution in [-0.2, 0) is 12.7 Å². The number of nitrogens with one attached hydrogen (secondary N) is 1. The molecule has 1 fully saturated rings. The number of anilines is 2. The summed E-state index contributed by atoms with van der Waals surface area (Å²) in [6, 6.07) is 6.06. The SMILES string of the molecule is Cc1c(CNc2nnc(C)c3ncc(N4CC(C)(O)C4)cc23)cccc1C(F)(F)F. The first-order valence-corrected chi connectivity index (χ1v) is 9.55. The Balaban J connectivity index is 1.64. The molecule has 3 heterocycles. The third-order valence-corrected chi connectivity index (χ3v) is 5.40. The first-order valence-electron chi connectivity index (χ1n) is 9.55. The second kappa shape index (κ2) is 7.09. The molecule has 1 aliphatic rings. The molecular formula is C21H22F3N5O. The van der Waals surface area contributed by atoms with E-state index in [1.807, 2.05) is 11.0 Å². The Kier molecular flexibility index (Phi) is 4.80. The van der Waals surface area contributed by atoms with E-state index in [1.54, 1.807) is 26.1 Å². The highest BCUT2D eigenvalue weighted by Gasteiger charge is 2.37. The zero-order valence-electron chi connectivity index (χ0n) is 16.9.